The van der Waals surface area contributed by atoms with Crippen molar-refractivity contribution in [3.63, 3.8) is 0 Å². The van der Waals surface area contributed by atoms with Gasteiger partial charge < -0.3 is 5.11 Å². The molecule has 3 nitrogen and oxygen atoms in total. The van der Waals surface area contributed by atoms with Gasteiger partial charge in [-0.25, -0.2) is 0 Å². The van der Waals surface area contributed by atoms with E-state index in [1.165, 1.54) is 0 Å². The Labute approximate surface area is 127 Å². The zero-order valence-electron chi connectivity index (χ0n) is 11.0. The van der Waals surface area contributed by atoms with Crippen LogP contribution in [0.2, 0.25) is 10.0 Å². The number of ketones is 1. The number of carboxylic acids is 1. The standard InChI is InChI=1S/C15H16Cl2O3/c16-11-5-10(6-12(17)7-11)13(18)8-15(9-14(19)20)3-1-2-4-15/h5-7H,1-4,8-9H2,(H,19,20). The number of halogens is 2. The Balaban J connectivity index is 2.18. The summed E-state index contributed by atoms with van der Waals surface area (Å²) < 4.78 is 0. The van der Waals surface area contributed by atoms with Crippen molar-refractivity contribution in [1.82, 2.24) is 0 Å². The molecule has 0 atom stereocenters. The summed E-state index contributed by atoms with van der Waals surface area (Å²) in [6.07, 6.45) is 3.84. The lowest BCUT2D eigenvalue weighted by molar-refractivity contribution is -0.139. The van der Waals surface area contributed by atoms with Crippen molar-refractivity contribution >= 4 is 35.0 Å². The van der Waals surface area contributed by atoms with Gasteiger partial charge in [0.15, 0.2) is 5.78 Å². The molecule has 1 saturated carbocycles. The van der Waals surface area contributed by atoms with Gasteiger partial charge in [0.1, 0.15) is 0 Å². The van der Waals surface area contributed by atoms with E-state index in [2.05, 4.69) is 0 Å². The first-order chi connectivity index (χ1) is 9.40. The minimum atomic E-state index is -0.844. The molecule has 1 aromatic rings. The molecule has 1 aromatic carbocycles. The summed E-state index contributed by atoms with van der Waals surface area (Å²) in [4.78, 5) is 23.4. The second kappa shape index (κ2) is 6.15. The second-order valence-corrected chi connectivity index (χ2v) is 6.41. The van der Waals surface area contributed by atoms with E-state index in [4.69, 9.17) is 28.3 Å². The molecule has 1 aliphatic carbocycles. The molecule has 0 unspecified atom stereocenters. The van der Waals surface area contributed by atoms with Crippen LogP contribution in [0.4, 0.5) is 0 Å². The van der Waals surface area contributed by atoms with E-state index in [1.807, 2.05) is 0 Å². The van der Waals surface area contributed by atoms with Gasteiger partial charge in [0.2, 0.25) is 0 Å². The number of Topliss-reactive ketones (excluding diaryl/α,β-unsaturated/α-hetero) is 1. The number of carbonyl (C=O) groups is 2. The van der Waals surface area contributed by atoms with Crippen molar-refractivity contribution in [1.29, 1.82) is 0 Å². The van der Waals surface area contributed by atoms with Crippen LogP contribution in [-0.2, 0) is 4.79 Å². The molecule has 2 rings (SSSR count). The van der Waals surface area contributed by atoms with Gasteiger partial charge in [-0.3, -0.25) is 9.59 Å². The molecule has 0 saturated heterocycles. The van der Waals surface area contributed by atoms with Crippen molar-refractivity contribution in [2.45, 2.75) is 38.5 Å². The van der Waals surface area contributed by atoms with Crippen LogP contribution in [0.15, 0.2) is 18.2 Å². The maximum absolute atomic E-state index is 12.4. The minimum absolute atomic E-state index is 0.0486. The topological polar surface area (TPSA) is 54.4 Å². The number of carboxylic acid groups (broad SMARTS) is 1. The van der Waals surface area contributed by atoms with Crippen LogP contribution in [0.5, 0.6) is 0 Å². The lowest BCUT2D eigenvalue weighted by Gasteiger charge is -2.26. The predicted octanol–water partition coefficient (Wildman–Crippen LogP) is 4.60. The average molecular weight is 315 g/mol. The molecular formula is C15H16Cl2O3. The van der Waals surface area contributed by atoms with Gasteiger partial charge in [-0.1, -0.05) is 36.0 Å². The molecule has 0 aromatic heterocycles. The highest BCUT2D eigenvalue weighted by atomic mass is 35.5. The van der Waals surface area contributed by atoms with Crippen molar-refractivity contribution in [3.05, 3.63) is 33.8 Å². The Morgan fingerprint density at radius 3 is 2.10 bits per heavy atom. The monoisotopic (exact) mass is 314 g/mol. The first kappa shape index (κ1) is 15.3. The first-order valence-corrected chi connectivity index (χ1v) is 7.37. The van der Waals surface area contributed by atoms with Crippen LogP contribution in [0.25, 0.3) is 0 Å². The van der Waals surface area contributed by atoms with Crippen LogP contribution in [0.1, 0.15) is 48.9 Å². The largest absolute Gasteiger partial charge is 0.481 e. The van der Waals surface area contributed by atoms with Gasteiger partial charge in [-0.15, -0.1) is 0 Å². The number of rotatable bonds is 5. The van der Waals surface area contributed by atoms with Crippen molar-refractivity contribution < 1.29 is 14.7 Å². The summed E-state index contributed by atoms with van der Waals surface area (Å²) in [7, 11) is 0. The van der Waals surface area contributed by atoms with Crippen LogP contribution < -0.4 is 0 Å². The maximum atomic E-state index is 12.4. The minimum Gasteiger partial charge on any atom is -0.481 e. The van der Waals surface area contributed by atoms with E-state index in [0.717, 1.165) is 25.7 Å². The summed E-state index contributed by atoms with van der Waals surface area (Å²) in [5.41, 5.74) is 0.0525. The lowest BCUT2D eigenvalue weighted by atomic mass is 9.77. The van der Waals surface area contributed by atoms with Crippen molar-refractivity contribution in [2.24, 2.45) is 5.41 Å². The van der Waals surface area contributed by atoms with Crippen LogP contribution in [0, 0.1) is 5.41 Å². The maximum Gasteiger partial charge on any atom is 0.303 e. The van der Waals surface area contributed by atoms with Crippen LogP contribution in [-0.4, -0.2) is 16.9 Å². The molecule has 1 aliphatic rings. The molecule has 0 heterocycles. The fraction of sp³-hybridized carbons (Fsp3) is 0.467. The van der Waals surface area contributed by atoms with E-state index in [1.54, 1.807) is 18.2 Å². The fourth-order valence-electron chi connectivity index (χ4n) is 3.02. The van der Waals surface area contributed by atoms with Crippen LogP contribution >= 0.6 is 23.2 Å². The number of hydrogen-bond acceptors (Lipinski definition) is 2. The van der Waals surface area contributed by atoms with Gasteiger partial charge >= 0.3 is 5.97 Å². The smallest absolute Gasteiger partial charge is 0.303 e. The predicted molar refractivity (Wildman–Crippen MR) is 78.6 cm³/mol. The molecule has 0 aliphatic heterocycles. The highest BCUT2D eigenvalue weighted by Crippen LogP contribution is 2.44. The van der Waals surface area contributed by atoms with E-state index < -0.39 is 11.4 Å². The summed E-state index contributed by atoms with van der Waals surface area (Å²) in [5, 5.41) is 9.89. The van der Waals surface area contributed by atoms with Gasteiger partial charge in [0, 0.05) is 22.0 Å². The Morgan fingerprint density at radius 1 is 1.05 bits per heavy atom. The SMILES string of the molecule is O=C(O)CC1(CC(=O)c2cc(Cl)cc(Cl)c2)CCCC1. The summed E-state index contributed by atoms with van der Waals surface area (Å²) in [6.45, 7) is 0. The average Bonchev–Trinajstić information content (AvgIpc) is 2.74. The number of aliphatic carboxylic acids is 1. The molecule has 1 N–H and O–H groups in total. The van der Waals surface area contributed by atoms with Crippen molar-refractivity contribution in [2.75, 3.05) is 0 Å². The van der Waals surface area contributed by atoms with E-state index in [9.17, 15) is 9.59 Å². The van der Waals surface area contributed by atoms with Crippen LogP contribution in [0.3, 0.4) is 0 Å². The molecule has 108 valence electrons. The normalized spacial score (nSPS) is 17.1. The third-order valence-corrected chi connectivity index (χ3v) is 4.35. The summed E-state index contributed by atoms with van der Waals surface area (Å²) in [5.74, 6) is -0.929. The third kappa shape index (κ3) is 3.74. The highest BCUT2D eigenvalue weighted by molar-refractivity contribution is 6.35. The Kier molecular flexibility index (Phi) is 4.71. The molecule has 20 heavy (non-hydrogen) atoms. The Morgan fingerprint density at radius 2 is 1.60 bits per heavy atom. The number of benzene rings is 1. The fourth-order valence-corrected chi connectivity index (χ4v) is 3.55. The highest BCUT2D eigenvalue weighted by Gasteiger charge is 2.38. The molecule has 1 fully saturated rings. The molecular weight excluding hydrogens is 299 g/mol. The molecule has 0 spiro atoms. The third-order valence-electron chi connectivity index (χ3n) is 3.91. The lowest BCUT2D eigenvalue weighted by Crippen LogP contribution is -2.24. The van der Waals surface area contributed by atoms with Gasteiger partial charge in [0.25, 0.3) is 0 Å². The van der Waals surface area contributed by atoms with Gasteiger partial charge in [-0.05, 0) is 36.5 Å². The zero-order valence-corrected chi connectivity index (χ0v) is 12.5. The second-order valence-electron chi connectivity index (χ2n) is 5.54. The zero-order chi connectivity index (χ0) is 14.8. The quantitative estimate of drug-likeness (QED) is 0.808. The molecule has 5 heteroatoms. The first-order valence-electron chi connectivity index (χ1n) is 6.61. The van der Waals surface area contributed by atoms with E-state index in [0.29, 0.717) is 15.6 Å². The molecule has 0 radical (unpaired) electrons. The Bertz CT molecular complexity index is 514. The molecule has 0 amide bonds. The van der Waals surface area contributed by atoms with Crippen molar-refractivity contribution in [3.8, 4) is 0 Å². The Hall–Kier alpha value is -1.06. The van der Waals surface area contributed by atoms with Gasteiger partial charge in [-0.2, -0.15) is 0 Å². The number of hydrogen-bond donors (Lipinski definition) is 1. The van der Waals surface area contributed by atoms with E-state index in [-0.39, 0.29) is 18.6 Å². The number of carbonyl (C=O) groups excluding carboxylic acids is 1. The van der Waals surface area contributed by atoms with Gasteiger partial charge in [0.05, 0.1) is 6.42 Å². The molecule has 0 bridgehead atoms. The summed E-state index contributed by atoms with van der Waals surface area (Å²) in [6, 6.07) is 4.74. The van der Waals surface area contributed by atoms with E-state index >= 15 is 0 Å². The summed E-state index contributed by atoms with van der Waals surface area (Å²) >= 11 is 11.8.